The molecule has 11 aromatic carbocycles. The fourth-order valence-corrected chi connectivity index (χ4v) is 9.87. The van der Waals surface area contributed by atoms with Crippen LogP contribution in [0.1, 0.15) is 0 Å². The minimum atomic E-state index is 1.13. The minimum absolute atomic E-state index is 1.13. The fraction of sp³-hybridized carbons (Fsp3) is 0. The van der Waals surface area contributed by atoms with Gasteiger partial charge in [-0.1, -0.05) is 218 Å². The van der Waals surface area contributed by atoms with Crippen LogP contribution in [0, 0.1) is 0 Å². The molecule has 0 amide bonds. The standard InChI is InChI=1S/C62H41N/c1-3-17-47(18-4-1)59-39-40-60(48-19-5-2-6-20-48)63(59)50-36-33-43(34-37-50)42-29-31-44(32-30-42)49-35-38-57-58(41-49)62(54-28-14-22-46-16-8-10-24-52(46)54)56-26-12-11-25-55(56)61(57)53-27-13-21-45-15-7-9-23-51(45)53/h1-41H. The number of fused-ring (bicyclic) bond motifs is 4. The van der Waals surface area contributed by atoms with Crippen molar-refractivity contribution in [3.63, 3.8) is 0 Å². The van der Waals surface area contributed by atoms with E-state index in [0.717, 1.165) is 5.69 Å². The number of hydrogen-bond donors (Lipinski definition) is 0. The third-order valence-corrected chi connectivity index (χ3v) is 12.8. The molecule has 1 aromatic heterocycles. The maximum absolute atomic E-state index is 2.43. The smallest absolute Gasteiger partial charge is 0.0535 e. The zero-order valence-electron chi connectivity index (χ0n) is 34.6. The van der Waals surface area contributed by atoms with Gasteiger partial charge in [0.1, 0.15) is 0 Å². The van der Waals surface area contributed by atoms with Gasteiger partial charge in [0.25, 0.3) is 0 Å². The normalized spacial score (nSPS) is 11.5. The first-order valence-electron chi connectivity index (χ1n) is 21.8. The van der Waals surface area contributed by atoms with E-state index >= 15 is 0 Å². The summed E-state index contributed by atoms with van der Waals surface area (Å²) in [6.07, 6.45) is 0. The third-order valence-electron chi connectivity index (χ3n) is 12.8. The molecule has 0 fully saturated rings. The Labute approximate surface area is 367 Å². The van der Waals surface area contributed by atoms with Crippen molar-refractivity contribution in [3.8, 4) is 72.7 Å². The van der Waals surface area contributed by atoms with Gasteiger partial charge in [-0.15, -0.1) is 0 Å². The summed E-state index contributed by atoms with van der Waals surface area (Å²) in [6, 6.07) is 90.9. The molecular formula is C62H41N. The van der Waals surface area contributed by atoms with E-state index in [1.807, 2.05) is 0 Å². The van der Waals surface area contributed by atoms with Crippen molar-refractivity contribution >= 4 is 43.1 Å². The molecule has 12 aromatic rings. The largest absolute Gasteiger partial charge is 0.309 e. The molecule has 0 saturated carbocycles. The summed E-state index contributed by atoms with van der Waals surface area (Å²) in [6.45, 7) is 0. The Morgan fingerprint density at radius 3 is 1.13 bits per heavy atom. The lowest BCUT2D eigenvalue weighted by Gasteiger charge is -2.20. The van der Waals surface area contributed by atoms with Crippen molar-refractivity contribution in [3.05, 3.63) is 249 Å². The summed E-state index contributed by atoms with van der Waals surface area (Å²) < 4.78 is 2.37. The molecule has 1 heterocycles. The van der Waals surface area contributed by atoms with Gasteiger partial charge in [0.2, 0.25) is 0 Å². The Morgan fingerprint density at radius 1 is 0.222 bits per heavy atom. The lowest BCUT2D eigenvalue weighted by atomic mass is 9.83. The molecular weight excluding hydrogens is 759 g/mol. The molecule has 1 nitrogen and oxygen atoms in total. The van der Waals surface area contributed by atoms with Gasteiger partial charge in [-0.3, -0.25) is 0 Å². The molecule has 0 spiro atoms. The van der Waals surface area contributed by atoms with Crippen LogP contribution in [0.3, 0.4) is 0 Å². The zero-order valence-corrected chi connectivity index (χ0v) is 34.6. The van der Waals surface area contributed by atoms with Crippen LogP contribution in [0.4, 0.5) is 0 Å². The monoisotopic (exact) mass is 799 g/mol. The summed E-state index contributed by atoms with van der Waals surface area (Å²) in [5, 5.41) is 10.0. The molecule has 0 bridgehead atoms. The highest BCUT2D eigenvalue weighted by Gasteiger charge is 2.20. The first-order chi connectivity index (χ1) is 31.3. The Kier molecular flexibility index (Phi) is 8.90. The first kappa shape index (κ1) is 36.6. The van der Waals surface area contributed by atoms with Crippen molar-refractivity contribution < 1.29 is 0 Å². The van der Waals surface area contributed by atoms with Crippen LogP contribution in [-0.4, -0.2) is 4.57 Å². The highest BCUT2D eigenvalue weighted by atomic mass is 15.0. The lowest BCUT2D eigenvalue weighted by molar-refractivity contribution is 1.10. The SMILES string of the molecule is c1ccc(-c2ccc(-c3ccccc3)n2-c2ccc(-c3ccc(-c4ccc5c(-c6cccc7ccccc67)c6ccccc6c(-c6cccc7ccccc67)c5c4)cc3)cc2)cc1. The van der Waals surface area contributed by atoms with Gasteiger partial charge in [0.05, 0.1) is 11.4 Å². The Balaban J connectivity index is 0.982. The molecule has 0 aliphatic carbocycles. The molecule has 0 atom stereocenters. The molecule has 0 aliphatic rings. The van der Waals surface area contributed by atoms with Crippen LogP contribution >= 0.6 is 0 Å². The van der Waals surface area contributed by atoms with E-state index < -0.39 is 0 Å². The predicted molar refractivity (Wildman–Crippen MR) is 268 cm³/mol. The van der Waals surface area contributed by atoms with Crippen molar-refractivity contribution in [2.45, 2.75) is 0 Å². The molecule has 0 saturated heterocycles. The summed E-state index contributed by atoms with van der Waals surface area (Å²) in [5.41, 5.74) is 15.7. The second-order valence-electron chi connectivity index (χ2n) is 16.4. The highest BCUT2D eigenvalue weighted by molar-refractivity contribution is 6.25. The minimum Gasteiger partial charge on any atom is -0.309 e. The number of aromatic nitrogens is 1. The van der Waals surface area contributed by atoms with Gasteiger partial charge in [-0.2, -0.15) is 0 Å². The lowest BCUT2D eigenvalue weighted by Crippen LogP contribution is -1.99. The molecule has 0 N–H and O–H groups in total. The molecule has 0 unspecified atom stereocenters. The second-order valence-corrected chi connectivity index (χ2v) is 16.4. The predicted octanol–water partition coefficient (Wildman–Crippen LogP) is 17.1. The van der Waals surface area contributed by atoms with Crippen LogP contribution in [0.2, 0.25) is 0 Å². The van der Waals surface area contributed by atoms with Gasteiger partial charge in [0.15, 0.2) is 0 Å². The van der Waals surface area contributed by atoms with Gasteiger partial charge in [-0.25, -0.2) is 0 Å². The summed E-state index contributed by atoms with van der Waals surface area (Å²) in [7, 11) is 0. The van der Waals surface area contributed by atoms with Gasteiger partial charge in [-0.05, 0) is 129 Å². The summed E-state index contributed by atoms with van der Waals surface area (Å²) in [5.74, 6) is 0. The van der Waals surface area contributed by atoms with Crippen molar-refractivity contribution in [1.82, 2.24) is 4.57 Å². The highest BCUT2D eigenvalue weighted by Crippen LogP contribution is 2.47. The van der Waals surface area contributed by atoms with Crippen molar-refractivity contribution in [2.75, 3.05) is 0 Å². The van der Waals surface area contributed by atoms with E-state index in [1.165, 1.54) is 110 Å². The van der Waals surface area contributed by atoms with Crippen LogP contribution < -0.4 is 0 Å². The number of hydrogen-bond acceptors (Lipinski definition) is 0. The van der Waals surface area contributed by atoms with E-state index in [9.17, 15) is 0 Å². The van der Waals surface area contributed by atoms with Gasteiger partial charge in [0, 0.05) is 5.69 Å². The maximum atomic E-state index is 2.43. The molecule has 12 rings (SSSR count). The quantitative estimate of drug-likeness (QED) is 0.142. The van der Waals surface area contributed by atoms with Crippen molar-refractivity contribution in [2.24, 2.45) is 0 Å². The van der Waals surface area contributed by atoms with E-state index in [2.05, 4.69) is 253 Å². The fourth-order valence-electron chi connectivity index (χ4n) is 9.87. The molecule has 0 aliphatic heterocycles. The first-order valence-corrected chi connectivity index (χ1v) is 21.8. The van der Waals surface area contributed by atoms with Crippen molar-refractivity contribution in [1.29, 1.82) is 0 Å². The van der Waals surface area contributed by atoms with Crippen LogP contribution in [0.25, 0.3) is 116 Å². The number of benzene rings is 11. The van der Waals surface area contributed by atoms with Crippen LogP contribution in [0.5, 0.6) is 0 Å². The van der Waals surface area contributed by atoms with Crippen LogP contribution in [-0.2, 0) is 0 Å². The molecule has 1 heteroatoms. The van der Waals surface area contributed by atoms with Crippen LogP contribution in [0.15, 0.2) is 249 Å². The maximum Gasteiger partial charge on any atom is 0.0535 e. The van der Waals surface area contributed by atoms with E-state index in [1.54, 1.807) is 0 Å². The topological polar surface area (TPSA) is 4.93 Å². The average molecular weight is 800 g/mol. The Morgan fingerprint density at radius 2 is 0.603 bits per heavy atom. The zero-order chi connectivity index (χ0) is 41.7. The molecule has 294 valence electrons. The Bertz CT molecular complexity index is 3570. The molecule has 0 radical (unpaired) electrons. The third kappa shape index (κ3) is 6.33. The Hall–Kier alpha value is -8.26. The van der Waals surface area contributed by atoms with E-state index in [-0.39, 0.29) is 0 Å². The van der Waals surface area contributed by atoms with E-state index in [4.69, 9.17) is 0 Å². The van der Waals surface area contributed by atoms with E-state index in [0.29, 0.717) is 0 Å². The number of nitrogens with zero attached hydrogens (tertiary/aromatic N) is 1. The van der Waals surface area contributed by atoms with Gasteiger partial charge < -0.3 is 4.57 Å². The molecule has 63 heavy (non-hydrogen) atoms. The summed E-state index contributed by atoms with van der Waals surface area (Å²) in [4.78, 5) is 0. The number of rotatable bonds is 7. The second kappa shape index (κ2) is 15.3. The average Bonchev–Trinajstić information content (AvgIpc) is 3.81. The van der Waals surface area contributed by atoms with Gasteiger partial charge >= 0.3 is 0 Å². The summed E-state index contributed by atoms with van der Waals surface area (Å²) >= 11 is 0.